The third-order valence-corrected chi connectivity index (χ3v) is 3.74. The van der Waals surface area contributed by atoms with E-state index < -0.39 is 0 Å². The molecule has 0 spiro atoms. The van der Waals surface area contributed by atoms with Gasteiger partial charge >= 0.3 is 6.03 Å². The molecule has 0 saturated heterocycles. The lowest BCUT2D eigenvalue weighted by atomic mass is 10.1. The zero-order valence-electron chi connectivity index (χ0n) is 14.5. The highest BCUT2D eigenvalue weighted by molar-refractivity contribution is 5.90. The molecular formula is C19H25N3O2. The molecule has 0 aliphatic heterocycles. The number of ether oxygens (including phenoxy) is 1. The predicted octanol–water partition coefficient (Wildman–Crippen LogP) is 3.52. The summed E-state index contributed by atoms with van der Waals surface area (Å²) in [6.07, 6.45) is 1.82. The molecule has 5 nitrogen and oxygen atoms in total. The van der Waals surface area contributed by atoms with E-state index in [1.807, 2.05) is 38.4 Å². The number of nitrogens with zero attached hydrogens (tertiary/aromatic N) is 1. The maximum Gasteiger partial charge on any atom is 0.319 e. The van der Waals surface area contributed by atoms with E-state index in [1.54, 1.807) is 7.11 Å². The van der Waals surface area contributed by atoms with Crippen LogP contribution < -0.4 is 20.3 Å². The molecule has 2 aromatic carbocycles. The van der Waals surface area contributed by atoms with E-state index in [9.17, 15) is 4.79 Å². The van der Waals surface area contributed by atoms with Gasteiger partial charge in [0.1, 0.15) is 5.75 Å². The van der Waals surface area contributed by atoms with Crippen LogP contribution in [0.25, 0.3) is 0 Å². The molecule has 0 fully saturated rings. The number of rotatable bonds is 7. The number of anilines is 2. The van der Waals surface area contributed by atoms with Crippen molar-refractivity contribution in [2.75, 3.05) is 38.0 Å². The predicted molar refractivity (Wildman–Crippen MR) is 99.1 cm³/mol. The lowest BCUT2D eigenvalue weighted by molar-refractivity contribution is 0.252. The van der Waals surface area contributed by atoms with Crippen LogP contribution in [0.15, 0.2) is 48.5 Å². The lowest BCUT2D eigenvalue weighted by Crippen LogP contribution is -2.29. The zero-order valence-corrected chi connectivity index (χ0v) is 14.5. The first-order chi connectivity index (χ1) is 11.6. The second-order valence-corrected chi connectivity index (χ2v) is 5.75. The molecule has 24 heavy (non-hydrogen) atoms. The molecule has 0 heterocycles. The monoisotopic (exact) mass is 327 g/mol. The number of nitrogens with one attached hydrogen (secondary N) is 2. The van der Waals surface area contributed by atoms with E-state index in [0.717, 1.165) is 12.8 Å². The first kappa shape index (κ1) is 17.7. The van der Waals surface area contributed by atoms with Crippen molar-refractivity contribution >= 4 is 17.4 Å². The minimum absolute atomic E-state index is 0.220. The van der Waals surface area contributed by atoms with Crippen LogP contribution in [0.4, 0.5) is 16.2 Å². The lowest BCUT2D eigenvalue weighted by Gasteiger charge is -2.13. The number of aryl methyl sites for hydroxylation is 1. The summed E-state index contributed by atoms with van der Waals surface area (Å²) in [7, 11) is 5.64. The summed E-state index contributed by atoms with van der Waals surface area (Å²) in [6, 6.07) is 15.6. The molecule has 0 unspecified atom stereocenters. The molecule has 0 saturated carbocycles. The number of carbonyl (C=O) groups excluding carboxylic acids is 1. The van der Waals surface area contributed by atoms with Crippen molar-refractivity contribution in [3.8, 4) is 5.75 Å². The van der Waals surface area contributed by atoms with Gasteiger partial charge in [0.15, 0.2) is 0 Å². The van der Waals surface area contributed by atoms with Gasteiger partial charge in [-0.2, -0.15) is 0 Å². The zero-order chi connectivity index (χ0) is 17.4. The van der Waals surface area contributed by atoms with Crippen LogP contribution in [0, 0.1) is 0 Å². The Morgan fingerprint density at radius 3 is 2.46 bits per heavy atom. The van der Waals surface area contributed by atoms with E-state index >= 15 is 0 Å². The fourth-order valence-electron chi connectivity index (χ4n) is 2.37. The van der Waals surface area contributed by atoms with Gasteiger partial charge in [-0.15, -0.1) is 0 Å². The van der Waals surface area contributed by atoms with Crippen LogP contribution in [-0.4, -0.2) is 33.8 Å². The Kier molecular flexibility index (Phi) is 6.49. The van der Waals surface area contributed by atoms with Gasteiger partial charge in [-0.05, 0) is 42.7 Å². The average Bonchev–Trinajstić information content (AvgIpc) is 2.59. The Bertz CT molecular complexity index is 654. The van der Waals surface area contributed by atoms with Crippen molar-refractivity contribution in [2.45, 2.75) is 12.8 Å². The number of methoxy groups -OCH3 is 1. The molecule has 0 aliphatic carbocycles. The molecule has 2 amide bonds. The van der Waals surface area contributed by atoms with Crippen LogP contribution >= 0.6 is 0 Å². The average molecular weight is 327 g/mol. The van der Waals surface area contributed by atoms with Crippen LogP contribution in [0.1, 0.15) is 12.0 Å². The molecule has 0 aliphatic rings. The number of carbonyl (C=O) groups is 1. The summed E-state index contributed by atoms with van der Waals surface area (Å²) in [4.78, 5) is 14.0. The summed E-state index contributed by atoms with van der Waals surface area (Å²) >= 11 is 0. The van der Waals surface area contributed by atoms with Gasteiger partial charge in [-0.1, -0.05) is 24.3 Å². The maximum atomic E-state index is 11.9. The number of benzene rings is 2. The minimum Gasteiger partial charge on any atom is -0.495 e. The molecule has 5 heteroatoms. The summed E-state index contributed by atoms with van der Waals surface area (Å²) in [6.45, 7) is 0.621. The highest BCUT2D eigenvalue weighted by atomic mass is 16.5. The second-order valence-electron chi connectivity index (χ2n) is 5.75. The van der Waals surface area contributed by atoms with Gasteiger partial charge < -0.3 is 20.3 Å². The Balaban J connectivity index is 1.73. The SMILES string of the molecule is COc1ccccc1NC(=O)NCCCc1ccc(N(C)C)cc1. The van der Waals surface area contributed by atoms with E-state index in [4.69, 9.17) is 4.74 Å². The Morgan fingerprint density at radius 2 is 1.79 bits per heavy atom. The third kappa shape index (κ3) is 5.19. The summed E-state index contributed by atoms with van der Waals surface area (Å²) in [5.74, 6) is 0.647. The normalized spacial score (nSPS) is 10.1. The van der Waals surface area contributed by atoms with Gasteiger partial charge in [0.25, 0.3) is 0 Å². The highest BCUT2D eigenvalue weighted by Gasteiger charge is 2.05. The van der Waals surface area contributed by atoms with Gasteiger partial charge in [-0.3, -0.25) is 0 Å². The topological polar surface area (TPSA) is 53.6 Å². The van der Waals surface area contributed by atoms with Crippen LogP contribution in [-0.2, 0) is 6.42 Å². The second kappa shape index (κ2) is 8.82. The van der Waals surface area contributed by atoms with Crippen LogP contribution in [0.3, 0.4) is 0 Å². The van der Waals surface area contributed by atoms with Crippen molar-refractivity contribution in [1.82, 2.24) is 5.32 Å². The van der Waals surface area contributed by atoms with Crippen LogP contribution in [0.2, 0.25) is 0 Å². The first-order valence-electron chi connectivity index (χ1n) is 8.04. The van der Waals surface area contributed by atoms with Crippen molar-refractivity contribution in [3.63, 3.8) is 0 Å². The molecule has 128 valence electrons. The largest absolute Gasteiger partial charge is 0.495 e. The Hall–Kier alpha value is -2.69. The van der Waals surface area contributed by atoms with Gasteiger partial charge in [0.05, 0.1) is 12.8 Å². The number of hydrogen-bond acceptors (Lipinski definition) is 3. The number of hydrogen-bond donors (Lipinski definition) is 2. The molecule has 2 rings (SSSR count). The summed E-state index contributed by atoms with van der Waals surface area (Å²) in [5.41, 5.74) is 3.12. The molecule has 2 aromatic rings. The fourth-order valence-corrected chi connectivity index (χ4v) is 2.37. The fraction of sp³-hybridized carbons (Fsp3) is 0.316. The van der Waals surface area contributed by atoms with Crippen molar-refractivity contribution < 1.29 is 9.53 Å². The summed E-state index contributed by atoms with van der Waals surface area (Å²) in [5, 5.41) is 5.67. The quantitative estimate of drug-likeness (QED) is 0.765. The minimum atomic E-state index is -0.220. The first-order valence-corrected chi connectivity index (χ1v) is 8.04. The van der Waals surface area contributed by atoms with Gasteiger partial charge in [0, 0.05) is 26.3 Å². The molecule has 0 radical (unpaired) electrons. The smallest absolute Gasteiger partial charge is 0.319 e. The maximum absolute atomic E-state index is 11.9. The third-order valence-electron chi connectivity index (χ3n) is 3.74. The van der Waals surface area contributed by atoms with E-state index in [1.165, 1.54) is 11.3 Å². The van der Waals surface area contributed by atoms with Crippen molar-refractivity contribution in [1.29, 1.82) is 0 Å². The van der Waals surface area contributed by atoms with E-state index in [-0.39, 0.29) is 6.03 Å². The summed E-state index contributed by atoms with van der Waals surface area (Å²) < 4.78 is 5.21. The number of amides is 2. The molecule has 0 atom stereocenters. The van der Waals surface area contributed by atoms with E-state index in [2.05, 4.69) is 39.8 Å². The molecular weight excluding hydrogens is 302 g/mol. The standard InChI is InChI=1S/C19H25N3O2/c1-22(2)16-12-10-15(11-13-16)7-6-14-20-19(23)21-17-8-4-5-9-18(17)24-3/h4-5,8-13H,6-7,14H2,1-3H3,(H2,20,21,23). The number of urea groups is 1. The van der Waals surface area contributed by atoms with Crippen molar-refractivity contribution in [3.05, 3.63) is 54.1 Å². The Morgan fingerprint density at radius 1 is 1.08 bits per heavy atom. The van der Waals surface area contributed by atoms with Crippen molar-refractivity contribution in [2.24, 2.45) is 0 Å². The Labute approximate surface area is 143 Å². The number of para-hydroxylation sites is 2. The molecule has 0 bridgehead atoms. The van der Waals surface area contributed by atoms with Gasteiger partial charge in [0.2, 0.25) is 0 Å². The molecule has 2 N–H and O–H groups in total. The highest BCUT2D eigenvalue weighted by Crippen LogP contribution is 2.22. The van der Waals surface area contributed by atoms with E-state index in [0.29, 0.717) is 18.0 Å². The van der Waals surface area contributed by atoms with Crippen LogP contribution in [0.5, 0.6) is 5.75 Å². The molecule has 0 aromatic heterocycles. The van der Waals surface area contributed by atoms with Gasteiger partial charge in [-0.25, -0.2) is 4.79 Å².